The normalized spacial score (nSPS) is 28.2. The van der Waals surface area contributed by atoms with Crippen LogP contribution in [0.5, 0.6) is 0 Å². The minimum atomic E-state index is -0.917. The first-order valence-electron chi connectivity index (χ1n) is 5.46. The van der Waals surface area contributed by atoms with Gasteiger partial charge in [0.05, 0.1) is 11.8 Å². The summed E-state index contributed by atoms with van der Waals surface area (Å²) in [5.41, 5.74) is -0.463. The summed E-state index contributed by atoms with van der Waals surface area (Å²) >= 11 is 0. The van der Waals surface area contributed by atoms with Gasteiger partial charge in [-0.1, -0.05) is 13.8 Å². The van der Waals surface area contributed by atoms with E-state index in [-0.39, 0.29) is 18.6 Å². The fourth-order valence-corrected chi connectivity index (χ4v) is 2.19. The molecule has 0 radical (unpaired) electrons. The Balaban J connectivity index is 2.54. The number of carboxylic acid groups (broad SMARTS) is 1. The standard InChI is InChI=1S/C11H19NO4/c1-6(4-5-13)12-9(14)7-8(10(15)16)11(7,2)3/h6-8,13H,4-5H2,1-3H3,(H,12,14)(H,15,16)/t6?,7-,8+/m1/s1. The minimum Gasteiger partial charge on any atom is -0.481 e. The smallest absolute Gasteiger partial charge is 0.307 e. The Morgan fingerprint density at radius 2 is 1.94 bits per heavy atom. The fraction of sp³-hybridized carbons (Fsp3) is 0.818. The molecule has 16 heavy (non-hydrogen) atoms. The highest BCUT2D eigenvalue weighted by molar-refractivity contribution is 5.91. The summed E-state index contributed by atoms with van der Waals surface area (Å²) in [6.07, 6.45) is 0.483. The van der Waals surface area contributed by atoms with E-state index in [9.17, 15) is 9.59 Å². The predicted octanol–water partition coefficient (Wildman–Crippen LogP) is 0.230. The Hall–Kier alpha value is -1.10. The van der Waals surface area contributed by atoms with Crippen molar-refractivity contribution in [2.24, 2.45) is 17.3 Å². The van der Waals surface area contributed by atoms with E-state index in [4.69, 9.17) is 10.2 Å². The number of aliphatic hydroxyl groups is 1. The monoisotopic (exact) mass is 229 g/mol. The van der Waals surface area contributed by atoms with Gasteiger partial charge in [0, 0.05) is 12.6 Å². The zero-order valence-electron chi connectivity index (χ0n) is 9.86. The van der Waals surface area contributed by atoms with Crippen molar-refractivity contribution in [1.82, 2.24) is 5.32 Å². The number of carbonyl (C=O) groups is 2. The summed E-state index contributed by atoms with van der Waals surface area (Å²) in [5.74, 6) is -2.18. The first-order chi connectivity index (χ1) is 7.32. The summed E-state index contributed by atoms with van der Waals surface area (Å²) in [6.45, 7) is 5.37. The third kappa shape index (κ3) is 2.35. The van der Waals surface area contributed by atoms with Crippen molar-refractivity contribution < 1.29 is 19.8 Å². The maximum atomic E-state index is 11.8. The van der Waals surface area contributed by atoms with Crippen LogP contribution in [0, 0.1) is 17.3 Å². The average Bonchev–Trinajstić information content (AvgIpc) is 2.69. The molecule has 1 saturated carbocycles. The van der Waals surface area contributed by atoms with Crippen LogP contribution in [0.15, 0.2) is 0 Å². The fourth-order valence-electron chi connectivity index (χ4n) is 2.19. The van der Waals surface area contributed by atoms with E-state index in [0.29, 0.717) is 6.42 Å². The maximum Gasteiger partial charge on any atom is 0.307 e. The number of aliphatic hydroxyl groups excluding tert-OH is 1. The highest BCUT2D eigenvalue weighted by atomic mass is 16.4. The molecule has 1 fully saturated rings. The first-order valence-corrected chi connectivity index (χ1v) is 5.46. The van der Waals surface area contributed by atoms with Crippen molar-refractivity contribution in [3.8, 4) is 0 Å². The van der Waals surface area contributed by atoms with Crippen molar-refractivity contribution in [2.75, 3.05) is 6.61 Å². The number of carboxylic acids is 1. The van der Waals surface area contributed by atoms with Crippen molar-refractivity contribution in [1.29, 1.82) is 0 Å². The van der Waals surface area contributed by atoms with E-state index in [2.05, 4.69) is 5.32 Å². The molecule has 5 nitrogen and oxygen atoms in total. The summed E-state index contributed by atoms with van der Waals surface area (Å²) < 4.78 is 0. The van der Waals surface area contributed by atoms with Gasteiger partial charge in [0.2, 0.25) is 5.91 Å². The van der Waals surface area contributed by atoms with Crippen molar-refractivity contribution in [3.05, 3.63) is 0 Å². The molecular formula is C11H19NO4. The number of nitrogens with one attached hydrogen (secondary N) is 1. The summed E-state index contributed by atoms with van der Waals surface area (Å²) in [6, 6.07) is -0.122. The van der Waals surface area contributed by atoms with Gasteiger partial charge in [-0.3, -0.25) is 9.59 Å². The minimum absolute atomic E-state index is 0.0118. The molecule has 0 aliphatic heterocycles. The van der Waals surface area contributed by atoms with Crippen LogP contribution in [0.25, 0.3) is 0 Å². The van der Waals surface area contributed by atoms with Gasteiger partial charge in [0.1, 0.15) is 0 Å². The molecule has 0 heterocycles. The largest absolute Gasteiger partial charge is 0.481 e. The summed E-state index contributed by atoms with van der Waals surface area (Å²) in [4.78, 5) is 22.6. The number of aliphatic carboxylic acids is 1. The highest BCUT2D eigenvalue weighted by Gasteiger charge is 2.65. The van der Waals surface area contributed by atoms with Crippen molar-refractivity contribution >= 4 is 11.9 Å². The van der Waals surface area contributed by atoms with Crippen LogP contribution < -0.4 is 5.32 Å². The topological polar surface area (TPSA) is 86.6 Å². The van der Waals surface area contributed by atoms with E-state index in [1.165, 1.54) is 0 Å². The molecule has 1 aliphatic carbocycles. The van der Waals surface area contributed by atoms with Crippen LogP contribution in [0.4, 0.5) is 0 Å². The molecule has 1 amide bonds. The van der Waals surface area contributed by atoms with Crippen molar-refractivity contribution in [3.63, 3.8) is 0 Å². The molecule has 92 valence electrons. The van der Waals surface area contributed by atoms with E-state index < -0.39 is 23.2 Å². The second-order valence-electron chi connectivity index (χ2n) is 5.04. The van der Waals surface area contributed by atoms with Crippen LogP contribution in [-0.4, -0.2) is 34.7 Å². The van der Waals surface area contributed by atoms with Gasteiger partial charge in [-0.25, -0.2) is 0 Å². The lowest BCUT2D eigenvalue weighted by atomic mass is 10.1. The molecule has 3 atom stereocenters. The van der Waals surface area contributed by atoms with E-state index >= 15 is 0 Å². The van der Waals surface area contributed by atoms with Crippen molar-refractivity contribution in [2.45, 2.75) is 33.2 Å². The molecule has 0 aromatic heterocycles. The first kappa shape index (κ1) is 13.0. The van der Waals surface area contributed by atoms with Gasteiger partial charge < -0.3 is 15.5 Å². The Morgan fingerprint density at radius 1 is 1.38 bits per heavy atom. The molecular weight excluding hydrogens is 210 g/mol. The van der Waals surface area contributed by atoms with E-state index in [1.54, 1.807) is 20.8 Å². The number of hydrogen-bond acceptors (Lipinski definition) is 3. The van der Waals surface area contributed by atoms with Crippen LogP contribution in [0.3, 0.4) is 0 Å². The average molecular weight is 229 g/mol. The van der Waals surface area contributed by atoms with E-state index in [0.717, 1.165) is 0 Å². The molecule has 1 rings (SSSR count). The zero-order valence-corrected chi connectivity index (χ0v) is 9.86. The van der Waals surface area contributed by atoms with Crippen LogP contribution in [0.2, 0.25) is 0 Å². The van der Waals surface area contributed by atoms with Gasteiger partial charge in [0.15, 0.2) is 0 Å². The third-order valence-electron chi connectivity index (χ3n) is 3.33. The molecule has 0 bridgehead atoms. The third-order valence-corrected chi connectivity index (χ3v) is 3.33. The van der Waals surface area contributed by atoms with Gasteiger partial charge in [-0.05, 0) is 18.8 Å². The van der Waals surface area contributed by atoms with Crippen LogP contribution >= 0.6 is 0 Å². The Labute approximate surface area is 94.8 Å². The molecule has 0 aromatic carbocycles. The Bertz CT molecular complexity index is 300. The number of rotatable bonds is 5. The summed E-state index contributed by atoms with van der Waals surface area (Å²) in [7, 11) is 0. The molecule has 1 unspecified atom stereocenters. The lowest BCUT2D eigenvalue weighted by Gasteiger charge is -2.12. The lowest BCUT2D eigenvalue weighted by Crippen LogP contribution is -2.35. The van der Waals surface area contributed by atoms with Gasteiger partial charge in [0.25, 0.3) is 0 Å². The molecule has 0 saturated heterocycles. The Kier molecular flexibility index (Phi) is 3.57. The number of carbonyl (C=O) groups excluding carboxylic acids is 1. The maximum absolute atomic E-state index is 11.8. The zero-order chi connectivity index (χ0) is 12.5. The highest BCUT2D eigenvalue weighted by Crippen LogP contribution is 2.58. The van der Waals surface area contributed by atoms with Gasteiger partial charge >= 0.3 is 5.97 Å². The molecule has 0 spiro atoms. The molecule has 0 aromatic rings. The summed E-state index contributed by atoms with van der Waals surface area (Å²) in [5, 5.41) is 20.3. The second-order valence-corrected chi connectivity index (χ2v) is 5.04. The van der Waals surface area contributed by atoms with Crippen LogP contribution in [-0.2, 0) is 9.59 Å². The number of hydrogen-bond donors (Lipinski definition) is 3. The van der Waals surface area contributed by atoms with E-state index in [1.807, 2.05) is 0 Å². The second kappa shape index (κ2) is 4.41. The lowest BCUT2D eigenvalue weighted by molar-refractivity contribution is -0.140. The molecule has 3 N–H and O–H groups in total. The Morgan fingerprint density at radius 3 is 2.31 bits per heavy atom. The quantitative estimate of drug-likeness (QED) is 0.630. The molecule has 1 aliphatic rings. The SMILES string of the molecule is CC(CCO)NC(=O)[C@H]1[C@@H](C(=O)O)C1(C)C. The molecule has 5 heteroatoms. The number of amides is 1. The van der Waals surface area contributed by atoms with Gasteiger partial charge in [-0.2, -0.15) is 0 Å². The van der Waals surface area contributed by atoms with Crippen LogP contribution in [0.1, 0.15) is 27.2 Å². The van der Waals surface area contributed by atoms with Gasteiger partial charge in [-0.15, -0.1) is 0 Å². The predicted molar refractivity (Wildman–Crippen MR) is 57.7 cm³/mol.